The highest BCUT2D eigenvalue weighted by molar-refractivity contribution is 9.10. The van der Waals surface area contributed by atoms with E-state index in [1.54, 1.807) is 29.2 Å². The van der Waals surface area contributed by atoms with Gasteiger partial charge in [0.2, 0.25) is 0 Å². The Hall–Kier alpha value is -2.34. The van der Waals surface area contributed by atoms with Crippen LogP contribution in [0.4, 0.5) is 0 Å². The summed E-state index contributed by atoms with van der Waals surface area (Å²) in [5, 5.41) is 0. The van der Waals surface area contributed by atoms with Gasteiger partial charge in [0.1, 0.15) is 0 Å². The maximum Gasteiger partial charge on any atom is 0.314 e. The summed E-state index contributed by atoms with van der Waals surface area (Å²) < 4.78 is 12.0. The third-order valence-electron chi connectivity index (χ3n) is 4.57. The molecule has 1 saturated heterocycles. The van der Waals surface area contributed by atoms with Gasteiger partial charge >= 0.3 is 5.97 Å². The summed E-state index contributed by atoms with van der Waals surface area (Å²) in [6.45, 7) is 3.48. The smallest absolute Gasteiger partial charge is 0.314 e. The van der Waals surface area contributed by atoms with E-state index in [1.807, 2.05) is 31.2 Å². The van der Waals surface area contributed by atoms with Crippen LogP contribution in [0, 0.1) is 5.92 Å². The summed E-state index contributed by atoms with van der Waals surface area (Å²) in [6.07, 6.45) is 1.19. The van der Waals surface area contributed by atoms with Crippen molar-refractivity contribution in [1.29, 1.82) is 0 Å². The van der Waals surface area contributed by atoms with E-state index in [2.05, 4.69) is 15.9 Å². The zero-order valence-corrected chi connectivity index (χ0v) is 16.8. The molecule has 0 N–H and O–H groups in total. The minimum atomic E-state index is -0.266. The van der Waals surface area contributed by atoms with Gasteiger partial charge in [-0.3, -0.25) is 9.59 Å². The first-order chi connectivity index (χ1) is 13.1. The summed E-state index contributed by atoms with van der Waals surface area (Å²) in [5.74, 6) is 0.525. The molecule has 2 aromatic rings. The predicted octanol–water partition coefficient (Wildman–Crippen LogP) is 4.31. The van der Waals surface area contributed by atoms with E-state index in [4.69, 9.17) is 9.47 Å². The fourth-order valence-corrected chi connectivity index (χ4v) is 3.36. The normalized spacial score (nSPS) is 14.7. The van der Waals surface area contributed by atoms with Gasteiger partial charge in [-0.25, -0.2) is 0 Å². The molecular weight excluding hydrogens is 410 g/mol. The van der Waals surface area contributed by atoms with Gasteiger partial charge in [-0.15, -0.1) is 0 Å². The molecule has 0 unspecified atom stereocenters. The monoisotopic (exact) mass is 431 g/mol. The zero-order chi connectivity index (χ0) is 19.2. The first kappa shape index (κ1) is 19.4. The Labute approximate surface area is 167 Å². The van der Waals surface area contributed by atoms with Gasteiger partial charge < -0.3 is 14.4 Å². The molecule has 0 spiro atoms. The van der Waals surface area contributed by atoms with Crippen molar-refractivity contribution in [2.24, 2.45) is 5.92 Å². The van der Waals surface area contributed by atoms with Crippen molar-refractivity contribution in [2.75, 3.05) is 19.7 Å². The number of rotatable bonds is 5. The fraction of sp³-hybridized carbons (Fsp3) is 0.333. The van der Waals surface area contributed by atoms with Crippen LogP contribution in [0.25, 0.3) is 0 Å². The van der Waals surface area contributed by atoms with Gasteiger partial charge in [-0.05, 0) is 56.2 Å². The first-order valence-electron chi connectivity index (χ1n) is 9.07. The van der Waals surface area contributed by atoms with Crippen LogP contribution < -0.4 is 9.47 Å². The molecule has 1 heterocycles. The number of ether oxygens (including phenoxy) is 2. The summed E-state index contributed by atoms with van der Waals surface area (Å²) in [7, 11) is 0. The average Bonchev–Trinajstić information content (AvgIpc) is 2.70. The number of halogens is 1. The lowest BCUT2D eigenvalue weighted by molar-refractivity contribution is -0.140. The molecule has 0 saturated carbocycles. The molecule has 3 rings (SSSR count). The van der Waals surface area contributed by atoms with Crippen molar-refractivity contribution in [3.05, 3.63) is 58.6 Å². The van der Waals surface area contributed by atoms with Crippen molar-refractivity contribution in [3.63, 3.8) is 0 Å². The van der Waals surface area contributed by atoms with Crippen LogP contribution in [-0.4, -0.2) is 36.5 Å². The Bertz CT molecular complexity index is 798. The van der Waals surface area contributed by atoms with Gasteiger partial charge in [0.25, 0.3) is 5.91 Å². The number of amides is 1. The average molecular weight is 432 g/mol. The number of nitrogens with zero attached hydrogens (tertiary/aromatic N) is 1. The molecule has 142 valence electrons. The topological polar surface area (TPSA) is 55.8 Å². The summed E-state index contributed by atoms with van der Waals surface area (Å²) in [6, 6.07) is 14.5. The molecule has 1 aliphatic heterocycles. The van der Waals surface area contributed by atoms with Crippen molar-refractivity contribution in [1.82, 2.24) is 4.90 Å². The van der Waals surface area contributed by atoms with Crippen LogP contribution in [-0.2, 0) is 4.79 Å². The summed E-state index contributed by atoms with van der Waals surface area (Å²) >= 11 is 3.37. The van der Waals surface area contributed by atoms with E-state index in [0.29, 0.717) is 49.6 Å². The molecular formula is C21H22BrNO4. The van der Waals surface area contributed by atoms with Crippen LogP contribution in [0.5, 0.6) is 11.5 Å². The van der Waals surface area contributed by atoms with Crippen molar-refractivity contribution >= 4 is 27.8 Å². The fourth-order valence-electron chi connectivity index (χ4n) is 3.09. The van der Waals surface area contributed by atoms with Crippen molar-refractivity contribution in [2.45, 2.75) is 19.8 Å². The Balaban J connectivity index is 1.56. The highest BCUT2D eigenvalue weighted by Gasteiger charge is 2.29. The van der Waals surface area contributed by atoms with Crippen molar-refractivity contribution in [3.8, 4) is 11.5 Å². The quantitative estimate of drug-likeness (QED) is 0.522. The van der Waals surface area contributed by atoms with Crippen LogP contribution >= 0.6 is 15.9 Å². The second-order valence-electron chi connectivity index (χ2n) is 6.37. The highest BCUT2D eigenvalue weighted by Crippen LogP contribution is 2.29. The van der Waals surface area contributed by atoms with E-state index in [0.717, 1.165) is 4.47 Å². The lowest BCUT2D eigenvalue weighted by Crippen LogP contribution is -2.41. The molecule has 27 heavy (non-hydrogen) atoms. The second kappa shape index (κ2) is 9.04. The van der Waals surface area contributed by atoms with Crippen LogP contribution in [0.2, 0.25) is 0 Å². The van der Waals surface area contributed by atoms with Crippen LogP contribution in [0.15, 0.2) is 53.0 Å². The number of likely N-dealkylation sites (tertiary alicyclic amines) is 1. The molecule has 1 amide bonds. The number of carbonyl (C=O) groups is 2. The molecule has 0 atom stereocenters. The maximum atomic E-state index is 12.6. The standard InChI is InChI=1S/C21H22BrNO4/c1-2-26-18-5-3-4-6-19(18)27-21(25)16-11-13-23(14-12-16)20(24)15-7-9-17(22)10-8-15/h3-10,16H,2,11-14H2,1H3. The molecule has 6 heteroatoms. The Kier molecular flexibility index (Phi) is 6.50. The number of benzene rings is 2. The van der Waals surface area contributed by atoms with Crippen LogP contribution in [0.1, 0.15) is 30.1 Å². The highest BCUT2D eigenvalue weighted by atomic mass is 79.9. The number of esters is 1. The van der Waals surface area contributed by atoms with E-state index in [9.17, 15) is 9.59 Å². The number of hydrogen-bond acceptors (Lipinski definition) is 4. The summed E-state index contributed by atoms with van der Waals surface area (Å²) in [4.78, 5) is 26.9. The Morgan fingerprint density at radius 2 is 1.67 bits per heavy atom. The molecule has 0 bridgehead atoms. The molecule has 0 aromatic heterocycles. The lowest BCUT2D eigenvalue weighted by atomic mass is 9.96. The van der Waals surface area contributed by atoms with Gasteiger partial charge in [-0.2, -0.15) is 0 Å². The molecule has 1 fully saturated rings. The molecule has 0 aliphatic carbocycles. The number of piperidine rings is 1. The number of para-hydroxylation sites is 2. The van der Waals surface area contributed by atoms with E-state index in [-0.39, 0.29) is 17.8 Å². The maximum absolute atomic E-state index is 12.6. The zero-order valence-electron chi connectivity index (χ0n) is 15.2. The predicted molar refractivity (Wildman–Crippen MR) is 106 cm³/mol. The third kappa shape index (κ3) is 4.89. The van der Waals surface area contributed by atoms with E-state index >= 15 is 0 Å². The Morgan fingerprint density at radius 1 is 1.04 bits per heavy atom. The first-order valence-corrected chi connectivity index (χ1v) is 9.86. The van der Waals surface area contributed by atoms with Gasteiger partial charge in [-0.1, -0.05) is 28.1 Å². The molecule has 5 nitrogen and oxygen atoms in total. The van der Waals surface area contributed by atoms with E-state index in [1.165, 1.54) is 0 Å². The van der Waals surface area contributed by atoms with E-state index < -0.39 is 0 Å². The SMILES string of the molecule is CCOc1ccccc1OC(=O)C1CCN(C(=O)c2ccc(Br)cc2)CC1. The van der Waals surface area contributed by atoms with Crippen molar-refractivity contribution < 1.29 is 19.1 Å². The number of carbonyl (C=O) groups excluding carboxylic acids is 2. The van der Waals surface area contributed by atoms with Gasteiger partial charge in [0.15, 0.2) is 11.5 Å². The minimum Gasteiger partial charge on any atom is -0.490 e. The summed E-state index contributed by atoms with van der Waals surface area (Å²) in [5.41, 5.74) is 0.657. The minimum absolute atomic E-state index is 0.00370. The largest absolute Gasteiger partial charge is 0.490 e. The molecule has 1 aliphatic rings. The van der Waals surface area contributed by atoms with Gasteiger partial charge in [0.05, 0.1) is 12.5 Å². The lowest BCUT2D eigenvalue weighted by Gasteiger charge is -2.31. The molecule has 2 aromatic carbocycles. The molecule has 0 radical (unpaired) electrons. The van der Waals surface area contributed by atoms with Crippen LogP contribution in [0.3, 0.4) is 0 Å². The van der Waals surface area contributed by atoms with Gasteiger partial charge in [0, 0.05) is 23.1 Å². The number of hydrogen-bond donors (Lipinski definition) is 0. The Morgan fingerprint density at radius 3 is 2.30 bits per heavy atom. The third-order valence-corrected chi connectivity index (χ3v) is 5.09. The second-order valence-corrected chi connectivity index (χ2v) is 7.29.